The number of nitrogens with one attached hydrogen (secondary N) is 1. The SMILES string of the molecule is CC(Sc1ccc(Br)cc1)C(=O)N(C)C1CC2CCC(C1)N2. The number of hydrogen-bond donors (Lipinski definition) is 1. The molecule has 3 rings (SSSR count). The average molecular weight is 383 g/mol. The molecule has 1 amide bonds. The maximum atomic E-state index is 12.7. The Morgan fingerprint density at radius 2 is 1.86 bits per heavy atom. The van der Waals surface area contributed by atoms with Gasteiger partial charge in [0.1, 0.15) is 0 Å². The number of hydrogen-bond acceptors (Lipinski definition) is 3. The number of carbonyl (C=O) groups excluding carboxylic acids is 1. The van der Waals surface area contributed by atoms with Gasteiger partial charge in [-0.15, -0.1) is 11.8 Å². The van der Waals surface area contributed by atoms with Gasteiger partial charge in [-0.1, -0.05) is 15.9 Å². The topological polar surface area (TPSA) is 32.3 Å². The van der Waals surface area contributed by atoms with Gasteiger partial charge in [0.05, 0.1) is 5.25 Å². The Balaban J connectivity index is 1.58. The summed E-state index contributed by atoms with van der Waals surface area (Å²) in [6.45, 7) is 2.02. The number of benzene rings is 1. The van der Waals surface area contributed by atoms with Gasteiger partial charge in [-0.2, -0.15) is 0 Å². The van der Waals surface area contributed by atoms with Crippen molar-refractivity contribution in [3.8, 4) is 0 Å². The number of fused-ring (bicyclic) bond motifs is 2. The minimum atomic E-state index is -0.0429. The Hall–Kier alpha value is -0.520. The quantitative estimate of drug-likeness (QED) is 0.806. The largest absolute Gasteiger partial charge is 0.342 e. The lowest BCUT2D eigenvalue weighted by molar-refractivity contribution is -0.131. The molecule has 5 heteroatoms. The molecule has 0 spiro atoms. The van der Waals surface area contributed by atoms with E-state index in [4.69, 9.17) is 0 Å². The first-order chi connectivity index (χ1) is 10.5. The van der Waals surface area contributed by atoms with Crippen LogP contribution in [-0.2, 0) is 4.79 Å². The van der Waals surface area contributed by atoms with Crippen LogP contribution in [0.5, 0.6) is 0 Å². The molecule has 2 aliphatic heterocycles. The van der Waals surface area contributed by atoms with E-state index in [0.29, 0.717) is 18.1 Å². The zero-order valence-corrected chi connectivity index (χ0v) is 15.5. The van der Waals surface area contributed by atoms with Crippen LogP contribution in [0.1, 0.15) is 32.6 Å². The van der Waals surface area contributed by atoms with E-state index in [-0.39, 0.29) is 11.2 Å². The Morgan fingerprint density at radius 3 is 2.45 bits per heavy atom. The highest BCUT2D eigenvalue weighted by atomic mass is 79.9. The van der Waals surface area contributed by atoms with Crippen LogP contribution in [0.2, 0.25) is 0 Å². The second kappa shape index (κ2) is 6.93. The van der Waals surface area contributed by atoms with E-state index in [9.17, 15) is 4.79 Å². The van der Waals surface area contributed by atoms with Crippen molar-refractivity contribution in [3.05, 3.63) is 28.7 Å². The summed E-state index contributed by atoms with van der Waals surface area (Å²) in [5, 5.41) is 3.60. The fourth-order valence-corrected chi connectivity index (χ4v) is 4.81. The summed E-state index contributed by atoms with van der Waals surface area (Å²) < 4.78 is 1.07. The normalized spacial score (nSPS) is 28.4. The van der Waals surface area contributed by atoms with Gasteiger partial charge < -0.3 is 10.2 Å². The van der Waals surface area contributed by atoms with Crippen LogP contribution >= 0.6 is 27.7 Å². The molecule has 22 heavy (non-hydrogen) atoms. The molecule has 2 fully saturated rings. The van der Waals surface area contributed by atoms with Gasteiger partial charge in [0, 0.05) is 34.5 Å². The predicted molar refractivity (Wildman–Crippen MR) is 95.2 cm³/mol. The van der Waals surface area contributed by atoms with E-state index in [1.807, 2.05) is 31.0 Å². The first-order valence-electron chi connectivity index (χ1n) is 7.98. The van der Waals surface area contributed by atoms with Gasteiger partial charge in [0.15, 0.2) is 0 Å². The van der Waals surface area contributed by atoms with Crippen molar-refractivity contribution in [2.75, 3.05) is 7.05 Å². The van der Waals surface area contributed by atoms with E-state index < -0.39 is 0 Å². The van der Waals surface area contributed by atoms with Crippen LogP contribution < -0.4 is 5.32 Å². The third-order valence-corrected chi connectivity index (χ3v) is 6.45. The average Bonchev–Trinajstić information content (AvgIpc) is 2.86. The number of carbonyl (C=O) groups is 1. The molecule has 0 saturated carbocycles. The Bertz CT molecular complexity index is 524. The summed E-state index contributed by atoms with van der Waals surface area (Å²) in [6.07, 6.45) is 4.75. The number of piperidine rings is 1. The molecule has 1 aromatic carbocycles. The Morgan fingerprint density at radius 1 is 1.27 bits per heavy atom. The van der Waals surface area contributed by atoms with Crippen molar-refractivity contribution in [3.63, 3.8) is 0 Å². The highest BCUT2D eigenvalue weighted by molar-refractivity contribution is 9.10. The molecule has 0 radical (unpaired) electrons. The van der Waals surface area contributed by atoms with Crippen molar-refractivity contribution < 1.29 is 4.79 Å². The molecule has 3 atom stereocenters. The molecular formula is C17H23BrN2OS. The minimum absolute atomic E-state index is 0.0429. The zero-order chi connectivity index (χ0) is 15.7. The zero-order valence-electron chi connectivity index (χ0n) is 13.1. The molecule has 2 heterocycles. The van der Waals surface area contributed by atoms with Crippen LogP contribution in [0.3, 0.4) is 0 Å². The number of amides is 1. The molecule has 1 N–H and O–H groups in total. The van der Waals surface area contributed by atoms with Crippen molar-refractivity contribution in [1.29, 1.82) is 0 Å². The number of thioether (sulfide) groups is 1. The van der Waals surface area contributed by atoms with Gasteiger partial charge in [-0.25, -0.2) is 0 Å². The highest BCUT2D eigenvalue weighted by Crippen LogP contribution is 2.31. The van der Waals surface area contributed by atoms with Gasteiger partial charge in [0.2, 0.25) is 5.91 Å². The van der Waals surface area contributed by atoms with Crippen molar-refractivity contribution in [2.24, 2.45) is 0 Å². The maximum Gasteiger partial charge on any atom is 0.235 e. The number of halogens is 1. The molecule has 3 nitrogen and oxygen atoms in total. The van der Waals surface area contributed by atoms with Crippen LogP contribution in [0.15, 0.2) is 33.6 Å². The van der Waals surface area contributed by atoms with Crippen LogP contribution in [-0.4, -0.2) is 41.2 Å². The molecule has 120 valence electrons. The summed E-state index contributed by atoms with van der Waals surface area (Å²) in [5.74, 6) is 0.249. The molecule has 2 aliphatic rings. The van der Waals surface area contributed by atoms with Gasteiger partial charge in [-0.3, -0.25) is 4.79 Å². The monoisotopic (exact) mass is 382 g/mol. The number of rotatable bonds is 4. The smallest absolute Gasteiger partial charge is 0.235 e. The van der Waals surface area contributed by atoms with Gasteiger partial charge >= 0.3 is 0 Å². The molecular weight excluding hydrogens is 360 g/mol. The summed E-state index contributed by atoms with van der Waals surface area (Å²) in [5.41, 5.74) is 0. The van der Waals surface area contributed by atoms with E-state index in [1.54, 1.807) is 11.8 Å². The third-order valence-electron chi connectivity index (χ3n) is 4.82. The highest BCUT2D eigenvalue weighted by Gasteiger charge is 2.37. The van der Waals surface area contributed by atoms with E-state index >= 15 is 0 Å². The van der Waals surface area contributed by atoms with Crippen LogP contribution in [0.25, 0.3) is 0 Å². The molecule has 3 unspecified atom stereocenters. The second-order valence-corrected chi connectivity index (χ2v) is 8.76. The maximum absolute atomic E-state index is 12.7. The van der Waals surface area contributed by atoms with E-state index in [0.717, 1.165) is 22.2 Å². The first-order valence-corrected chi connectivity index (χ1v) is 9.65. The summed E-state index contributed by atoms with van der Waals surface area (Å²) in [4.78, 5) is 15.9. The lowest BCUT2D eigenvalue weighted by Crippen LogP contribution is -2.50. The molecule has 0 aliphatic carbocycles. The summed E-state index contributed by atoms with van der Waals surface area (Å²) in [6, 6.07) is 9.80. The van der Waals surface area contributed by atoms with Crippen molar-refractivity contribution in [2.45, 2.75) is 60.9 Å². The molecule has 2 saturated heterocycles. The molecule has 0 aromatic heterocycles. The second-order valence-electron chi connectivity index (χ2n) is 6.43. The Labute approximate surface area is 145 Å². The summed E-state index contributed by atoms with van der Waals surface area (Å²) >= 11 is 5.08. The number of nitrogens with zero attached hydrogens (tertiary/aromatic N) is 1. The summed E-state index contributed by atoms with van der Waals surface area (Å²) in [7, 11) is 1.98. The lowest BCUT2D eigenvalue weighted by atomic mass is 9.98. The fraction of sp³-hybridized carbons (Fsp3) is 0.588. The van der Waals surface area contributed by atoms with Crippen molar-refractivity contribution >= 4 is 33.6 Å². The van der Waals surface area contributed by atoms with Crippen molar-refractivity contribution in [1.82, 2.24) is 10.2 Å². The Kier molecular flexibility index (Phi) is 5.15. The molecule has 1 aromatic rings. The predicted octanol–water partition coefficient (Wildman–Crippen LogP) is 3.67. The van der Waals surface area contributed by atoms with Gasteiger partial charge in [-0.05, 0) is 56.9 Å². The van der Waals surface area contributed by atoms with E-state index in [2.05, 4.69) is 33.4 Å². The third kappa shape index (κ3) is 3.69. The van der Waals surface area contributed by atoms with E-state index in [1.165, 1.54) is 12.8 Å². The minimum Gasteiger partial charge on any atom is -0.342 e. The first kappa shape index (κ1) is 16.3. The van der Waals surface area contributed by atoms with Crippen LogP contribution in [0.4, 0.5) is 0 Å². The van der Waals surface area contributed by atoms with Crippen LogP contribution in [0, 0.1) is 0 Å². The van der Waals surface area contributed by atoms with Gasteiger partial charge in [0.25, 0.3) is 0 Å². The standard InChI is InChI=1S/C17H23BrN2OS/c1-11(22-16-7-3-12(18)4-8-16)17(21)20(2)15-9-13-5-6-14(10-15)19-13/h3-4,7-8,11,13-15,19H,5-6,9-10H2,1-2H3. The molecule has 2 bridgehead atoms. The fourth-order valence-electron chi connectivity index (χ4n) is 3.58. The lowest BCUT2D eigenvalue weighted by Gasteiger charge is -2.36.